The molecular weight excluding hydrogens is 204 g/mol. The molecule has 0 unspecified atom stereocenters. The van der Waals surface area contributed by atoms with Crippen LogP contribution in [0.3, 0.4) is 0 Å². The number of hydrogen-bond donors (Lipinski definition) is 0. The topological polar surface area (TPSA) is 58.9 Å². The number of rotatable bonds is 2. The Labute approximate surface area is 95.0 Å². The van der Waals surface area contributed by atoms with Gasteiger partial charge in [-0.05, 0) is 30.2 Å². The van der Waals surface area contributed by atoms with Crippen molar-refractivity contribution in [2.75, 3.05) is 0 Å². The summed E-state index contributed by atoms with van der Waals surface area (Å²) in [7, 11) is 0. The molecule has 0 saturated heterocycles. The molecule has 1 aromatic rings. The van der Waals surface area contributed by atoms with Crippen molar-refractivity contribution < 1.29 is 0 Å². The lowest BCUT2D eigenvalue weighted by Crippen LogP contribution is -2.07. The largest absolute Gasteiger partial charge is 0.151 e. The van der Waals surface area contributed by atoms with Crippen molar-refractivity contribution in [3.8, 4) is 0 Å². The lowest BCUT2D eigenvalue weighted by atomic mass is 9.96. The predicted molar refractivity (Wildman–Crippen MR) is 64.6 cm³/mol. The molecule has 1 fully saturated rings. The highest BCUT2D eigenvalue weighted by atomic mass is 16.3. The Balaban J connectivity index is 0.000000160. The van der Waals surface area contributed by atoms with Crippen LogP contribution in [0.25, 0.3) is 0 Å². The summed E-state index contributed by atoms with van der Waals surface area (Å²) in [6.45, 7) is 0. The van der Waals surface area contributed by atoms with E-state index in [1.165, 1.54) is 19.3 Å². The predicted octanol–water partition coefficient (Wildman–Crippen LogP) is 4.17. The molecule has 4 nitrogen and oxygen atoms in total. The molecule has 0 spiro atoms. The zero-order valence-electron chi connectivity index (χ0n) is 9.21. The smallest absolute Gasteiger partial charge is 0.107 e. The molecule has 0 aliphatic heterocycles. The molecule has 16 heavy (non-hydrogen) atoms. The maximum Gasteiger partial charge on any atom is 0.107 e. The van der Waals surface area contributed by atoms with E-state index in [9.17, 15) is 9.81 Å². The van der Waals surface area contributed by atoms with Crippen molar-refractivity contribution in [3.05, 3.63) is 40.1 Å². The Morgan fingerprint density at radius 1 is 0.938 bits per heavy atom. The van der Waals surface area contributed by atoms with Gasteiger partial charge in [0.2, 0.25) is 0 Å². The Morgan fingerprint density at radius 2 is 1.56 bits per heavy atom. The lowest BCUT2D eigenvalue weighted by molar-refractivity contribution is 0.441. The van der Waals surface area contributed by atoms with Crippen molar-refractivity contribution in [3.63, 3.8) is 0 Å². The summed E-state index contributed by atoms with van der Waals surface area (Å²) in [5.41, 5.74) is 0.479. The quantitative estimate of drug-likeness (QED) is 0.702. The summed E-state index contributed by atoms with van der Waals surface area (Å²) in [4.78, 5) is 19.7. The first-order valence-electron chi connectivity index (χ1n) is 5.57. The monoisotopic (exact) mass is 220 g/mol. The van der Waals surface area contributed by atoms with Gasteiger partial charge in [-0.2, -0.15) is 4.91 Å². The Hall–Kier alpha value is -1.58. The molecule has 1 saturated carbocycles. The number of benzene rings is 1. The minimum atomic E-state index is 0.156. The normalized spacial score (nSPS) is 15.8. The van der Waals surface area contributed by atoms with Gasteiger partial charge in [0.1, 0.15) is 5.69 Å². The van der Waals surface area contributed by atoms with Gasteiger partial charge in [-0.25, -0.2) is 0 Å². The van der Waals surface area contributed by atoms with E-state index in [0.717, 1.165) is 12.8 Å². The summed E-state index contributed by atoms with van der Waals surface area (Å²) < 4.78 is 0. The van der Waals surface area contributed by atoms with Crippen LogP contribution in [0.5, 0.6) is 0 Å². The van der Waals surface area contributed by atoms with E-state index < -0.39 is 0 Å². The number of hydrogen-bond acceptors (Lipinski definition) is 4. The molecule has 0 heterocycles. The zero-order chi connectivity index (χ0) is 11.6. The van der Waals surface area contributed by atoms with Crippen molar-refractivity contribution >= 4 is 5.69 Å². The van der Waals surface area contributed by atoms with Crippen LogP contribution in [0, 0.1) is 9.81 Å². The molecule has 1 aromatic carbocycles. The third-order valence-corrected chi connectivity index (χ3v) is 2.59. The van der Waals surface area contributed by atoms with Gasteiger partial charge in [0.05, 0.1) is 6.04 Å². The SMILES string of the molecule is O=NC1CCCCC1.O=Nc1ccccc1. The average molecular weight is 220 g/mol. The van der Waals surface area contributed by atoms with E-state index in [1.807, 2.05) is 6.07 Å². The van der Waals surface area contributed by atoms with Crippen LogP contribution in [-0.2, 0) is 0 Å². The highest BCUT2D eigenvalue weighted by Crippen LogP contribution is 2.19. The zero-order valence-corrected chi connectivity index (χ0v) is 9.21. The minimum Gasteiger partial charge on any atom is -0.151 e. The van der Waals surface area contributed by atoms with Crippen molar-refractivity contribution in [2.24, 2.45) is 10.4 Å². The maximum atomic E-state index is 9.91. The molecule has 0 aromatic heterocycles. The number of nitrogens with zero attached hydrogens (tertiary/aromatic N) is 2. The van der Waals surface area contributed by atoms with Crippen molar-refractivity contribution in [2.45, 2.75) is 38.1 Å². The first-order valence-corrected chi connectivity index (χ1v) is 5.57. The van der Waals surface area contributed by atoms with Gasteiger partial charge in [-0.1, -0.05) is 42.6 Å². The molecule has 2 rings (SSSR count). The van der Waals surface area contributed by atoms with Crippen LogP contribution in [-0.4, -0.2) is 6.04 Å². The van der Waals surface area contributed by atoms with E-state index in [4.69, 9.17) is 0 Å². The summed E-state index contributed by atoms with van der Waals surface area (Å²) in [6.07, 6.45) is 5.77. The lowest BCUT2D eigenvalue weighted by Gasteiger charge is -2.13. The summed E-state index contributed by atoms with van der Waals surface area (Å²) in [5.74, 6) is 0. The van der Waals surface area contributed by atoms with Crippen LogP contribution < -0.4 is 0 Å². The van der Waals surface area contributed by atoms with Crippen molar-refractivity contribution in [1.82, 2.24) is 0 Å². The van der Waals surface area contributed by atoms with Gasteiger partial charge < -0.3 is 0 Å². The average Bonchev–Trinajstić information content (AvgIpc) is 2.41. The van der Waals surface area contributed by atoms with Gasteiger partial charge in [0.25, 0.3) is 0 Å². The second-order valence-corrected chi connectivity index (χ2v) is 3.82. The molecule has 0 amide bonds. The maximum absolute atomic E-state index is 9.91. The fraction of sp³-hybridized carbons (Fsp3) is 0.500. The molecule has 1 aliphatic carbocycles. The van der Waals surface area contributed by atoms with Gasteiger partial charge in [-0.15, -0.1) is 4.91 Å². The van der Waals surface area contributed by atoms with E-state index in [1.54, 1.807) is 24.3 Å². The van der Waals surface area contributed by atoms with Gasteiger partial charge in [-0.3, -0.25) is 0 Å². The standard InChI is InChI=1S/C6H11NO.C6H5NO/c2*8-7-6-4-2-1-3-5-6/h6H,1-5H2;1-5H. The third kappa shape index (κ3) is 4.77. The second kappa shape index (κ2) is 7.68. The Kier molecular flexibility index (Phi) is 5.99. The van der Waals surface area contributed by atoms with E-state index in [2.05, 4.69) is 10.4 Å². The molecule has 0 N–H and O–H groups in total. The van der Waals surface area contributed by atoms with Gasteiger partial charge in [0.15, 0.2) is 0 Å². The minimum absolute atomic E-state index is 0.156. The summed E-state index contributed by atoms with van der Waals surface area (Å²) in [6, 6.07) is 8.87. The second-order valence-electron chi connectivity index (χ2n) is 3.82. The number of nitroso groups, excluding NO2 is 2. The Bertz CT molecular complexity index is 308. The third-order valence-electron chi connectivity index (χ3n) is 2.59. The highest BCUT2D eigenvalue weighted by Gasteiger charge is 2.11. The van der Waals surface area contributed by atoms with Crippen molar-refractivity contribution in [1.29, 1.82) is 0 Å². The van der Waals surface area contributed by atoms with Crippen LogP contribution >= 0.6 is 0 Å². The highest BCUT2D eigenvalue weighted by molar-refractivity contribution is 5.34. The summed E-state index contributed by atoms with van der Waals surface area (Å²) >= 11 is 0. The molecule has 86 valence electrons. The molecule has 1 aliphatic rings. The molecule has 4 heteroatoms. The van der Waals surface area contributed by atoms with Crippen LogP contribution in [0.15, 0.2) is 40.7 Å². The van der Waals surface area contributed by atoms with E-state index in [-0.39, 0.29) is 6.04 Å². The summed E-state index contributed by atoms with van der Waals surface area (Å²) in [5, 5.41) is 5.72. The fourth-order valence-electron chi connectivity index (χ4n) is 1.68. The fourth-order valence-corrected chi connectivity index (χ4v) is 1.68. The van der Waals surface area contributed by atoms with Crippen LogP contribution in [0.1, 0.15) is 32.1 Å². The van der Waals surface area contributed by atoms with Crippen LogP contribution in [0.2, 0.25) is 0 Å². The molecular formula is C12H16N2O2. The van der Waals surface area contributed by atoms with Crippen LogP contribution in [0.4, 0.5) is 5.69 Å². The molecule has 0 radical (unpaired) electrons. The molecule has 0 bridgehead atoms. The van der Waals surface area contributed by atoms with Gasteiger partial charge >= 0.3 is 0 Å². The molecule has 0 atom stereocenters. The first-order chi connectivity index (χ1) is 7.86. The van der Waals surface area contributed by atoms with E-state index in [0.29, 0.717) is 5.69 Å². The Morgan fingerprint density at radius 3 is 1.94 bits per heavy atom. The van der Waals surface area contributed by atoms with E-state index >= 15 is 0 Å². The van der Waals surface area contributed by atoms with Gasteiger partial charge in [0, 0.05) is 0 Å². The first kappa shape index (κ1) is 12.5.